The molecule has 0 bridgehead atoms. The zero-order valence-corrected chi connectivity index (χ0v) is 16.4. The number of aromatic nitrogens is 1. The number of aryl methyl sites for hydroxylation is 3. The normalized spacial score (nSPS) is 15.0. The molecule has 4 nitrogen and oxygen atoms in total. The van der Waals surface area contributed by atoms with E-state index in [4.69, 9.17) is 9.72 Å². The van der Waals surface area contributed by atoms with E-state index in [1.807, 2.05) is 42.5 Å². The lowest BCUT2D eigenvalue weighted by molar-refractivity contribution is 0.0475. The standard InChI is InChI=1S/C25H23NO3/c27-23(18-13-12-16-6-5-7-17(16)14-18)15-29-25(28)24-19-8-1-3-10-21(19)26-22-11-4-2-9-20(22)24/h1,3,8,10,12-14H,2,4-7,9,11,15H2. The zero-order chi connectivity index (χ0) is 19.8. The Hall–Kier alpha value is -3.01. The number of carbonyl (C=O) groups excluding carboxylic acids is 2. The number of ether oxygens (including phenoxy) is 1. The van der Waals surface area contributed by atoms with Crippen molar-refractivity contribution in [2.24, 2.45) is 0 Å². The second-order valence-electron chi connectivity index (χ2n) is 7.97. The molecule has 146 valence electrons. The summed E-state index contributed by atoms with van der Waals surface area (Å²) >= 11 is 0. The van der Waals surface area contributed by atoms with E-state index in [9.17, 15) is 9.59 Å². The Labute approximate surface area is 169 Å². The number of carbonyl (C=O) groups is 2. The maximum atomic E-state index is 13.1. The summed E-state index contributed by atoms with van der Waals surface area (Å²) < 4.78 is 5.52. The van der Waals surface area contributed by atoms with Gasteiger partial charge in [0, 0.05) is 16.6 Å². The molecule has 2 aliphatic rings. The summed E-state index contributed by atoms with van der Waals surface area (Å²) in [7, 11) is 0. The highest BCUT2D eigenvalue weighted by Crippen LogP contribution is 2.30. The highest BCUT2D eigenvalue weighted by Gasteiger charge is 2.24. The molecule has 2 aliphatic carbocycles. The molecule has 0 fully saturated rings. The highest BCUT2D eigenvalue weighted by atomic mass is 16.5. The van der Waals surface area contributed by atoms with E-state index < -0.39 is 5.97 Å². The molecule has 0 aliphatic heterocycles. The molecule has 4 heteroatoms. The van der Waals surface area contributed by atoms with Gasteiger partial charge in [-0.1, -0.05) is 30.3 Å². The van der Waals surface area contributed by atoms with Gasteiger partial charge in [0.1, 0.15) is 0 Å². The second-order valence-corrected chi connectivity index (χ2v) is 7.97. The smallest absolute Gasteiger partial charge is 0.339 e. The van der Waals surface area contributed by atoms with Gasteiger partial charge >= 0.3 is 5.97 Å². The van der Waals surface area contributed by atoms with E-state index >= 15 is 0 Å². The Morgan fingerprint density at radius 1 is 0.897 bits per heavy atom. The van der Waals surface area contributed by atoms with Crippen LogP contribution in [0.4, 0.5) is 0 Å². The van der Waals surface area contributed by atoms with Crippen molar-refractivity contribution in [3.63, 3.8) is 0 Å². The van der Waals surface area contributed by atoms with Crippen LogP contribution in [0.2, 0.25) is 0 Å². The first-order chi connectivity index (χ1) is 14.2. The van der Waals surface area contributed by atoms with Crippen molar-refractivity contribution in [2.75, 3.05) is 6.61 Å². The first kappa shape index (κ1) is 18.0. The molecule has 0 saturated carbocycles. The van der Waals surface area contributed by atoms with Crippen LogP contribution in [-0.4, -0.2) is 23.3 Å². The van der Waals surface area contributed by atoms with Gasteiger partial charge in [0.25, 0.3) is 0 Å². The topological polar surface area (TPSA) is 56.3 Å². The molecule has 1 heterocycles. The van der Waals surface area contributed by atoms with Crippen LogP contribution in [0.25, 0.3) is 10.9 Å². The van der Waals surface area contributed by atoms with Crippen LogP contribution in [0.1, 0.15) is 62.4 Å². The fraction of sp³-hybridized carbons (Fsp3) is 0.320. The van der Waals surface area contributed by atoms with Gasteiger partial charge in [-0.05, 0) is 73.8 Å². The van der Waals surface area contributed by atoms with Crippen molar-refractivity contribution in [1.29, 1.82) is 0 Å². The Kier molecular flexibility index (Phi) is 4.62. The fourth-order valence-electron chi connectivity index (χ4n) is 4.64. The van der Waals surface area contributed by atoms with E-state index in [2.05, 4.69) is 0 Å². The Bertz CT molecular complexity index is 1130. The largest absolute Gasteiger partial charge is 0.454 e. The van der Waals surface area contributed by atoms with Gasteiger partial charge in [-0.2, -0.15) is 0 Å². The van der Waals surface area contributed by atoms with Gasteiger partial charge in [-0.3, -0.25) is 9.78 Å². The van der Waals surface area contributed by atoms with Crippen molar-refractivity contribution in [2.45, 2.75) is 44.9 Å². The number of Topliss-reactive ketones (excluding diaryl/α,β-unsaturated/α-hetero) is 1. The third-order valence-corrected chi connectivity index (χ3v) is 6.13. The number of pyridine rings is 1. The molecule has 1 aromatic heterocycles. The molecule has 0 amide bonds. The molecule has 5 rings (SSSR count). The maximum absolute atomic E-state index is 13.1. The molecular weight excluding hydrogens is 362 g/mol. The summed E-state index contributed by atoms with van der Waals surface area (Å²) in [5.41, 5.74) is 6.58. The highest BCUT2D eigenvalue weighted by molar-refractivity contribution is 6.06. The van der Waals surface area contributed by atoms with Gasteiger partial charge in [-0.15, -0.1) is 0 Å². The summed E-state index contributed by atoms with van der Waals surface area (Å²) in [5, 5.41) is 0.808. The molecule has 0 unspecified atom stereocenters. The minimum atomic E-state index is -0.420. The SMILES string of the molecule is O=C(COC(=O)c1c2c(nc3ccccc13)CCCC2)c1ccc2c(c1)CCC2. The number of esters is 1. The van der Waals surface area contributed by atoms with Gasteiger partial charge in [0.15, 0.2) is 12.4 Å². The molecule has 0 atom stereocenters. The molecule has 29 heavy (non-hydrogen) atoms. The predicted molar refractivity (Wildman–Crippen MR) is 111 cm³/mol. The minimum absolute atomic E-state index is 0.153. The Morgan fingerprint density at radius 3 is 2.66 bits per heavy atom. The number of rotatable bonds is 4. The number of benzene rings is 2. The Morgan fingerprint density at radius 2 is 1.72 bits per heavy atom. The summed E-state index contributed by atoms with van der Waals surface area (Å²) in [6, 6.07) is 13.5. The van der Waals surface area contributed by atoms with Crippen molar-refractivity contribution in [3.05, 3.63) is 76.0 Å². The third kappa shape index (κ3) is 3.33. The van der Waals surface area contributed by atoms with E-state index in [0.717, 1.165) is 67.1 Å². The summed E-state index contributed by atoms with van der Waals surface area (Å²) in [6.45, 7) is -0.233. The van der Waals surface area contributed by atoms with Gasteiger partial charge < -0.3 is 4.74 Å². The van der Waals surface area contributed by atoms with Crippen molar-refractivity contribution in [1.82, 2.24) is 4.98 Å². The lowest BCUT2D eigenvalue weighted by Crippen LogP contribution is -2.19. The lowest BCUT2D eigenvalue weighted by atomic mass is 9.90. The quantitative estimate of drug-likeness (QED) is 0.485. The number of nitrogens with zero attached hydrogens (tertiary/aromatic N) is 1. The lowest BCUT2D eigenvalue weighted by Gasteiger charge is -2.19. The number of fused-ring (bicyclic) bond motifs is 3. The third-order valence-electron chi connectivity index (χ3n) is 6.13. The van der Waals surface area contributed by atoms with E-state index in [-0.39, 0.29) is 12.4 Å². The molecule has 3 aromatic rings. The molecule has 0 spiro atoms. The molecule has 0 N–H and O–H groups in total. The average Bonchev–Trinajstić information content (AvgIpc) is 3.23. The number of ketones is 1. The summed E-state index contributed by atoms with van der Waals surface area (Å²) in [5.74, 6) is -0.573. The summed E-state index contributed by atoms with van der Waals surface area (Å²) in [6.07, 6.45) is 7.09. The van der Waals surface area contributed by atoms with E-state index in [1.165, 1.54) is 11.1 Å². The number of para-hydroxylation sites is 1. The maximum Gasteiger partial charge on any atom is 0.339 e. The van der Waals surface area contributed by atoms with Crippen LogP contribution in [0, 0.1) is 0 Å². The molecule has 0 saturated heterocycles. The van der Waals surface area contributed by atoms with E-state index in [0.29, 0.717) is 11.1 Å². The van der Waals surface area contributed by atoms with Crippen LogP contribution in [0.3, 0.4) is 0 Å². The zero-order valence-electron chi connectivity index (χ0n) is 16.4. The van der Waals surface area contributed by atoms with Gasteiger partial charge in [0.05, 0.1) is 11.1 Å². The second kappa shape index (κ2) is 7.43. The number of hydrogen-bond acceptors (Lipinski definition) is 4. The average molecular weight is 385 g/mol. The van der Waals surface area contributed by atoms with Crippen molar-refractivity contribution in [3.8, 4) is 0 Å². The Balaban J connectivity index is 1.41. The van der Waals surface area contributed by atoms with Crippen molar-refractivity contribution >= 4 is 22.7 Å². The number of hydrogen-bond donors (Lipinski definition) is 0. The molecule has 0 radical (unpaired) electrons. The van der Waals surface area contributed by atoms with Crippen LogP contribution < -0.4 is 0 Å². The van der Waals surface area contributed by atoms with Crippen LogP contribution in [0.5, 0.6) is 0 Å². The first-order valence-electron chi connectivity index (χ1n) is 10.4. The monoisotopic (exact) mass is 385 g/mol. The molecular formula is C25H23NO3. The molecule has 2 aromatic carbocycles. The van der Waals surface area contributed by atoms with Gasteiger partial charge in [-0.25, -0.2) is 4.79 Å². The van der Waals surface area contributed by atoms with Crippen LogP contribution in [0.15, 0.2) is 42.5 Å². The van der Waals surface area contributed by atoms with Gasteiger partial charge in [0.2, 0.25) is 0 Å². The van der Waals surface area contributed by atoms with Crippen molar-refractivity contribution < 1.29 is 14.3 Å². The van der Waals surface area contributed by atoms with E-state index in [1.54, 1.807) is 0 Å². The minimum Gasteiger partial charge on any atom is -0.454 e. The first-order valence-corrected chi connectivity index (χ1v) is 10.4. The predicted octanol–water partition coefficient (Wildman–Crippen LogP) is 4.64. The fourth-order valence-corrected chi connectivity index (χ4v) is 4.64. The summed E-state index contributed by atoms with van der Waals surface area (Å²) in [4.78, 5) is 30.5. The van der Waals surface area contributed by atoms with Crippen LogP contribution >= 0.6 is 0 Å². The van der Waals surface area contributed by atoms with Crippen LogP contribution in [-0.2, 0) is 30.4 Å².